The Kier molecular flexibility index (Phi) is 6.27. The van der Waals surface area contributed by atoms with Crippen molar-refractivity contribution in [2.75, 3.05) is 72.7 Å². The molecule has 0 unspecified atom stereocenters. The number of hydrogen-bond donors (Lipinski definition) is 0. The minimum atomic E-state index is -3.38. The molecule has 1 aromatic heterocycles. The zero-order valence-electron chi connectivity index (χ0n) is 21.0. The molecule has 0 N–H and O–H groups in total. The molecule has 0 bridgehead atoms. The molecule has 192 valence electrons. The molecule has 11 heteroatoms. The molecule has 36 heavy (non-hydrogen) atoms. The van der Waals surface area contributed by atoms with Crippen LogP contribution < -0.4 is 14.1 Å². The van der Waals surface area contributed by atoms with E-state index in [1.54, 1.807) is 39.9 Å². The van der Waals surface area contributed by atoms with Crippen molar-refractivity contribution in [1.82, 2.24) is 14.8 Å². The molecule has 0 atom stereocenters. The quantitative estimate of drug-likeness (QED) is 0.622. The largest absolute Gasteiger partial charge is 0.353 e. The fourth-order valence-corrected chi connectivity index (χ4v) is 6.77. The summed E-state index contributed by atoms with van der Waals surface area (Å²) in [6, 6.07) is 6.95. The Morgan fingerprint density at radius 2 is 1.72 bits per heavy atom. The van der Waals surface area contributed by atoms with Crippen molar-refractivity contribution in [3.8, 4) is 0 Å². The van der Waals surface area contributed by atoms with E-state index in [1.165, 1.54) is 4.31 Å². The van der Waals surface area contributed by atoms with Crippen LogP contribution in [0.15, 0.2) is 30.5 Å². The Morgan fingerprint density at radius 3 is 2.33 bits per heavy atom. The van der Waals surface area contributed by atoms with Gasteiger partial charge in [-0.1, -0.05) is 6.07 Å². The molecule has 0 radical (unpaired) electrons. The van der Waals surface area contributed by atoms with Gasteiger partial charge in [0.2, 0.25) is 10.0 Å². The van der Waals surface area contributed by atoms with Gasteiger partial charge in [0.15, 0.2) is 0 Å². The maximum absolute atomic E-state index is 13.7. The summed E-state index contributed by atoms with van der Waals surface area (Å²) in [5, 5.41) is 0. The molecule has 3 aliphatic heterocycles. The summed E-state index contributed by atoms with van der Waals surface area (Å²) in [6.07, 6.45) is 2.42. The zero-order valence-corrected chi connectivity index (χ0v) is 21.8. The summed E-state index contributed by atoms with van der Waals surface area (Å²) in [7, 11) is -1.66. The standard InChI is InChI=1S/C25H32N6O4S/c1-18-15-19(2)23(26-17-18)28-9-11-29(12-10-28)24(32)21-6-5-20(31-7-4-14-36(31,34)35)16-22(21)30-13-8-27(3)25(30)33/h5-6,15-17H,4,7-14H2,1-3H3. The lowest BCUT2D eigenvalue weighted by atomic mass is 10.1. The molecular weight excluding hydrogens is 480 g/mol. The van der Waals surface area contributed by atoms with Crippen molar-refractivity contribution in [3.05, 3.63) is 47.2 Å². The van der Waals surface area contributed by atoms with Crippen LogP contribution in [0.3, 0.4) is 0 Å². The summed E-state index contributed by atoms with van der Waals surface area (Å²) < 4.78 is 26.4. The number of benzene rings is 1. The first-order valence-corrected chi connectivity index (χ1v) is 13.9. The highest BCUT2D eigenvalue weighted by molar-refractivity contribution is 7.93. The number of rotatable bonds is 4. The maximum Gasteiger partial charge on any atom is 0.324 e. The summed E-state index contributed by atoms with van der Waals surface area (Å²) >= 11 is 0. The van der Waals surface area contributed by atoms with Crippen LogP contribution in [-0.2, 0) is 10.0 Å². The second-order valence-corrected chi connectivity index (χ2v) is 11.7. The highest BCUT2D eigenvalue weighted by atomic mass is 32.2. The number of nitrogens with zero attached hydrogens (tertiary/aromatic N) is 6. The van der Waals surface area contributed by atoms with E-state index in [9.17, 15) is 18.0 Å². The van der Waals surface area contributed by atoms with Crippen molar-refractivity contribution >= 4 is 39.2 Å². The molecular formula is C25H32N6O4S. The van der Waals surface area contributed by atoms with Crippen molar-refractivity contribution < 1.29 is 18.0 Å². The van der Waals surface area contributed by atoms with Gasteiger partial charge in [0, 0.05) is 59.1 Å². The molecule has 3 fully saturated rings. The number of aryl methyl sites for hydroxylation is 2. The van der Waals surface area contributed by atoms with Gasteiger partial charge in [0.25, 0.3) is 5.91 Å². The first-order chi connectivity index (χ1) is 17.2. The minimum absolute atomic E-state index is 0.105. The predicted molar refractivity (Wildman–Crippen MR) is 139 cm³/mol. The number of hydrogen-bond acceptors (Lipinski definition) is 6. The third kappa shape index (κ3) is 4.36. The molecule has 0 aliphatic carbocycles. The van der Waals surface area contributed by atoms with Crippen molar-refractivity contribution in [2.45, 2.75) is 20.3 Å². The number of carbonyl (C=O) groups excluding carboxylic acids is 2. The number of urea groups is 1. The molecule has 10 nitrogen and oxygen atoms in total. The van der Waals surface area contributed by atoms with Crippen LogP contribution in [0.2, 0.25) is 0 Å². The molecule has 3 saturated heterocycles. The van der Waals surface area contributed by atoms with Crippen molar-refractivity contribution in [1.29, 1.82) is 0 Å². The third-order valence-corrected chi connectivity index (χ3v) is 9.03. The number of anilines is 3. The molecule has 5 rings (SSSR count). The highest BCUT2D eigenvalue weighted by Crippen LogP contribution is 2.33. The van der Waals surface area contributed by atoms with Gasteiger partial charge in [0.1, 0.15) is 5.82 Å². The third-order valence-electron chi connectivity index (χ3n) is 7.16. The first-order valence-electron chi connectivity index (χ1n) is 12.3. The van der Waals surface area contributed by atoms with E-state index in [2.05, 4.69) is 16.0 Å². The van der Waals surface area contributed by atoms with Crippen LogP contribution in [0.1, 0.15) is 27.9 Å². The van der Waals surface area contributed by atoms with Gasteiger partial charge in [-0.3, -0.25) is 14.0 Å². The van der Waals surface area contributed by atoms with Gasteiger partial charge < -0.3 is 14.7 Å². The lowest BCUT2D eigenvalue weighted by Gasteiger charge is -2.36. The molecule has 0 spiro atoms. The Balaban J connectivity index is 1.41. The van der Waals surface area contributed by atoms with Gasteiger partial charge in [-0.15, -0.1) is 0 Å². The predicted octanol–water partition coefficient (Wildman–Crippen LogP) is 2.07. The Morgan fingerprint density at radius 1 is 0.972 bits per heavy atom. The van der Waals surface area contributed by atoms with Crippen LogP contribution in [0.5, 0.6) is 0 Å². The SMILES string of the molecule is Cc1cnc(N2CCN(C(=O)c3ccc(N4CCCS4(=O)=O)cc3N3CCN(C)C3=O)CC2)c(C)c1. The fraction of sp³-hybridized carbons (Fsp3) is 0.480. The number of amides is 3. The fourth-order valence-electron chi connectivity index (χ4n) is 5.21. The summed E-state index contributed by atoms with van der Waals surface area (Å²) in [6.45, 7) is 7.83. The molecule has 2 aromatic rings. The van der Waals surface area contributed by atoms with Crippen LogP contribution in [-0.4, -0.2) is 93.8 Å². The van der Waals surface area contributed by atoms with E-state index in [-0.39, 0.29) is 17.7 Å². The first kappa shape index (κ1) is 24.4. The minimum Gasteiger partial charge on any atom is -0.353 e. The van der Waals surface area contributed by atoms with Crippen molar-refractivity contribution in [3.63, 3.8) is 0 Å². The molecule has 3 aliphatic rings. The van der Waals surface area contributed by atoms with Crippen molar-refractivity contribution in [2.24, 2.45) is 0 Å². The van der Waals surface area contributed by atoms with Gasteiger partial charge in [0.05, 0.1) is 22.7 Å². The van der Waals surface area contributed by atoms with Crippen LogP contribution >= 0.6 is 0 Å². The lowest BCUT2D eigenvalue weighted by molar-refractivity contribution is 0.0747. The van der Waals surface area contributed by atoms with E-state index >= 15 is 0 Å². The summed E-state index contributed by atoms with van der Waals surface area (Å²) in [5.74, 6) is 0.889. The second kappa shape index (κ2) is 9.27. The van der Waals surface area contributed by atoms with E-state index in [4.69, 9.17) is 0 Å². The Bertz CT molecular complexity index is 1310. The van der Waals surface area contributed by atoms with Crippen LogP contribution in [0.4, 0.5) is 22.0 Å². The number of likely N-dealkylation sites (N-methyl/N-ethyl adjacent to an activating group) is 1. The average Bonchev–Trinajstić information content (AvgIpc) is 3.38. The van der Waals surface area contributed by atoms with E-state index in [1.807, 2.05) is 20.0 Å². The number of aromatic nitrogens is 1. The maximum atomic E-state index is 13.7. The number of carbonyl (C=O) groups is 2. The van der Waals surface area contributed by atoms with Crippen LogP contribution in [0.25, 0.3) is 0 Å². The lowest BCUT2D eigenvalue weighted by Crippen LogP contribution is -2.49. The molecule has 1 aromatic carbocycles. The zero-order chi connectivity index (χ0) is 25.6. The summed E-state index contributed by atoms with van der Waals surface area (Å²) in [5.41, 5.74) is 3.60. The van der Waals surface area contributed by atoms with E-state index < -0.39 is 10.0 Å². The van der Waals surface area contributed by atoms with Gasteiger partial charge >= 0.3 is 6.03 Å². The molecule has 4 heterocycles. The van der Waals surface area contributed by atoms with E-state index in [0.717, 1.165) is 16.9 Å². The number of sulfonamides is 1. The van der Waals surface area contributed by atoms with Crippen LogP contribution in [0, 0.1) is 13.8 Å². The second-order valence-electron chi connectivity index (χ2n) is 9.73. The average molecular weight is 513 g/mol. The smallest absolute Gasteiger partial charge is 0.324 e. The highest BCUT2D eigenvalue weighted by Gasteiger charge is 2.34. The monoisotopic (exact) mass is 512 g/mol. The number of piperazine rings is 1. The van der Waals surface area contributed by atoms with Gasteiger partial charge in [-0.05, 0) is 49.6 Å². The molecule has 0 saturated carbocycles. The normalized spacial score (nSPS) is 20.0. The Labute approximate surface area is 212 Å². The Hall–Kier alpha value is -3.34. The molecule has 3 amide bonds. The topological polar surface area (TPSA) is 97.4 Å². The number of pyridine rings is 1. The van der Waals surface area contributed by atoms with Gasteiger partial charge in [-0.25, -0.2) is 18.2 Å². The van der Waals surface area contributed by atoms with E-state index in [0.29, 0.717) is 69.2 Å². The summed E-state index contributed by atoms with van der Waals surface area (Å²) in [4.78, 5) is 38.3. The van der Waals surface area contributed by atoms with Gasteiger partial charge in [-0.2, -0.15) is 0 Å².